The standard InChI is InChI=1S/C12H18N4O6S/c1-6-3-15(11(19)14-9(6)13)10-7-8(18)12(5-17,22-10)4-16(7)23(2,20)21/h3,7-8,10,17-18H,4-5H2,1-2H3,(H2,13,14,19)/t7-,8+,10-,12-/m1/s1. The van der Waals surface area contributed by atoms with Crippen LogP contribution in [0.25, 0.3) is 0 Å². The maximum absolute atomic E-state index is 12.1. The molecule has 3 rings (SSSR count). The lowest BCUT2D eigenvalue weighted by Gasteiger charge is -2.35. The van der Waals surface area contributed by atoms with Gasteiger partial charge in [0, 0.05) is 18.3 Å². The fourth-order valence-electron chi connectivity index (χ4n) is 3.15. The third-order valence-corrected chi connectivity index (χ3v) is 5.63. The molecule has 23 heavy (non-hydrogen) atoms. The van der Waals surface area contributed by atoms with E-state index in [1.54, 1.807) is 6.92 Å². The molecule has 0 aliphatic carbocycles. The van der Waals surface area contributed by atoms with Crippen LogP contribution >= 0.6 is 0 Å². The highest BCUT2D eigenvalue weighted by Gasteiger charge is 2.66. The average molecular weight is 346 g/mol. The second kappa shape index (κ2) is 4.98. The topological polar surface area (TPSA) is 148 Å². The molecule has 0 amide bonds. The summed E-state index contributed by atoms with van der Waals surface area (Å²) in [6, 6.07) is -1.03. The van der Waals surface area contributed by atoms with Crippen LogP contribution in [-0.2, 0) is 14.8 Å². The quantitative estimate of drug-likeness (QED) is 0.539. The van der Waals surface area contributed by atoms with Crippen molar-refractivity contribution in [2.75, 3.05) is 25.1 Å². The van der Waals surface area contributed by atoms with E-state index in [2.05, 4.69) is 4.98 Å². The highest BCUT2D eigenvalue weighted by atomic mass is 32.2. The van der Waals surface area contributed by atoms with Crippen LogP contribution in [-0.4, -0.2) is 69.6 Å². The number of ether oxygens (including phenoxy) is 1. The van der Waals surface area contributed by atoms with Crippen molar-refractivity contribution in [3.8, 4) is 0 Å². The van der Waals surface area contributed by atoms with E-state index < -0.39 is 46.3 Å². The molecule has 0 saturated carbocycles. The van der Waals surface area contributed by atoms with E-state index in [4.69, 9.17) is 10.5 Å². The first-order chi connectivity index (χ1) is 10.6. The number of aromatic nitrogens is 2. The summed E-state index contributed by atoms with van der Waals surface area (Å²) in [7, 11) is -3.66. The van der Waals surface area contributed by atoms with Crippen LogP contribution in [0.5, 0.6) is 0 Å². The minimum atomic E-state index is -3.66. The molecule has 2 saturated heterocycles. The SMILES string of the molecule is Cc1cn([C@@H]2O[C@@]3(CO)CN(S(C)(=O)=O)[C@@H]2[C@@H]3O)c(=O)nc1N. The predicted molar refractivity (Wildman–Crippen MR) is 78.9 cm³/mol. The third-order valence-electron chi connectivity index (χ3n) is 4.41. The molecule has 4 atom stereocenters. The van der Waals surface area contributed by atoms with Crippen LogP contribution in [0.15, 0.2) is 11.0 Å². The highest BCUT2D eigenvalue weighted by molar-refractivity contribution is 7.88. The van der Waals surface area contributed by atoms with Gasteiger partial charge in [-0.2, -0.15) is 9.29 Å². The normalized spacial score (nSPS) is 34.2. The minimum Gasteiger partial charge on any atom is -0.393 e. The van der Waals surface area contributed by atoms with E-state index in [1.165, 1.54) is 6.20 Å². The highest BCUT2D eigenvalue weighted by Crippen LogP contribution is 2.46. The van der Waals surface area contributed by atoms with Gasteiger partial charge in [0.25, 0.3) is 0 Å². The summed E-state index contributed by atoms with van der Waals surface area (Å²) < 4.78 is 31.7. The second-order valence-electron chi connectivity index (χ2n) is 5.97. The van der Waals surface area contributed by atoms with Crippen LogP contribution < -0.4 is 11.4 Å². The maximum Gasteiger partial charge on any atom is 0.351 e. The monoisotopic (exact) mass is 346 g/mol. The first-order valence-electron chi connectivity index (χ1n) is 6.89. The van der Waals surface area contributed by atoms with Crippen LogP contribution in [0.4, 0.5) is 5.82 Å². The molecule has 1 aromatic heterocycles. The van der Waals surface area contributed by atoms with Gasteiger partial charge in [-0.05, 0) is 6.92 Å². The van der Waals surface area contributed by atoms with Crippen LogP contribution in [0.1, 0.15) is 11.8 Å². The Kier molecular flexibility index (Phi) is 3.54. The minimum absolute atomic E-state index is 0.0618. The van der Waals surface area contributed by atoms with E-state index in [1.807, 2.05) is 0 Å². The van der Waals surface area contributed by atoms with Gasteiger partial charge in [0.2, 0.25) is 10.0 Å². The molecule has 10 nitrogen and oxygen atoms in total. The number of rotatable bonds is 3. The molecule has 3 heterocycles. The lowest BCUT2D eigenvalue weighted by atomic mass is 10.0. The lowest BCUT2D eigenvalue weighted by molar-refractivity contribution is -0.144. The Hall–Kier alpha value is -1.53. The van der Waals surface area contributed by atoms with Gasteiger partial charge < -0.3 is 20.7 Å². The van der Waals surface area contributed by atoms with Crippen LogP contribution in [0, 0.1) is 6.92 Å². The molecule has 1 aromatic rings. The zero-order chi connectivity index (χ0) is 17.2. The Morgan fingerprint density at radius 1 is 1.57 bits per heavy atom. The van der Waals surface area contributed by atoms with Gasteiger partial charge in [0.05, 0.1) is 18.9 Å². The number of nitrogens with zero attached hydrogens (tertiary/aromatic N) is 3. The molecule has 2 aliphatic heterocycles. The molecule has 2 aliphatic rings. The van der Waals surface area contributed by atoms with Gasteiger partial charge in [-0.25, -0.2) is 13.2 Å². The van der Waals surface area contributed by atoms with Crippen molar-refractivity contribution in [2.24, 2.45) is 0 Å². The van der Waals surface area contributed by atoms with E-state index in [0.717, 1.165) is 15.1 Å². The number of hydrogen-bond acceptors (Lipinski definition) is 8. The van der Waals surface area contributed by atoms with Gasteiger partial charge in [0.1, 0.15) is 17.5 Å². The number of sulfonamides is 1. The molecular formula is C12H18N4O6S. The number of fused-ring (bicyclic) bond motifs is 2. The Balaban J connectivity index is 2.12. The first-order valence-corrected chi connectivity index (χ1v) is 8.74. The number of aryl methyl sites for hydroxylation is 1. The molecule has 4 N–H and O–H groups in total. The largest absolute Gasteiger partial charge is 0.393 e. The zero-order valence-electron chi connectivity index (χ0n) is 12.6. The number of nitrogens with two attached hydrogens (primary N) is 1. The molecule has 0 spiro atoms. The van der Waals surface area contributed by atoms with Crippen molar-refractivity contribution >= 4 is 15.8 Å². The van der Waals surface area contributed by atoms with Gasteiger partial charge in [0.15, 0.2) is 6.23 Å². The summed E-state index contributed by atoms with van der Waals surface area (Å²) >= 11 is 0. The van der Waals surface area contributed by atoms with Crippen molar-refractivity contribution in [1.29, 1.82) is 0 Å². The maximum atomic E-state index is 12.1. The number of morpholine rings is 1. The number of anilines is 1. The van der Waals surface area contributed by atoms with Crippen LogP contribution in [0.3, 0.4) is 0 Å². The van der Waals surface area contributed by atoms with Crippen molar-refractivity contribution in [3.63, 3.8) is 0 Å². The summed E-state index contributed by atoms with van der Waals surface area (Å²) in [5.74, 6) is 0.0618. The average Bonchev–Trinajstić information content (AvgIpc) is 2.91. The lowest BCUT2D eigenvalue weighted by Crippen LogP contribution is -2.50. The number of aliphatic hydroxyl groups excluding tert-OH is 2. The molecule has 2 fully saturated rings. The Bertz CT molecular complexity index is 808. The molecule has 11 heteroatoms. The second-order valence-corrected chi connectivity index (χ2v) is 7.91. The van der Waals surface area contributed by atoms with Crippen molar-refractivity contribution < 1.29 is 23.4 Å². The van der Waals surface area contributed by atoms with E-state index in [0.29, 0.717) is 5.56 Å². The molecule has 0 aromatic carbocycles. The molecule has 2 bridgehead atoms. The Labute approximate surface area is 132 Å². The first kappa shape index (κ1) is 16.3. The molecular weight excluding hydrogens is 328 g/mol. The smallest absolute Gasteiger partial charge is 0.351 e. The number of aliphatic hydroxyl groups is 2. The summed E-state index contributed by atoms with van der Waals surface area (Å²) in [5.41, 5.74) is 3.90. The third kappa shape index (κ3) is 2.27. The van der Waals surface area contributed by atoms with Gasteiger partial charge in [-0.1, -0.05) is 0 Å². The van der Waals surface area contributed by atoms with Crippen molar-refractivity contribution in [3.05, 3.63) is 22.2 Å². The molecule has 0 unspecified atom stereocenters. The van der Waals surface area contributed by atoms with Crippen molar-refractivity contribution in [2.45, 2.75) is 30.9 Å². The van der Waals surface area contributed by atoms with Gasteiger partial charge in [-0.15, -0.1) is 0 Å². The Morgan fingerprint density at radius 3 is 2.74 bits per heavy atom. The number of hydrogen-bond donors (Lipinski definition) is 3. The molecule has 0 radical (unpaired) electrons. The van der Waals surface area contributed by atoms with E-state index in [-0.39, 0.29) is 12.4 Å². The predicted octanol–water partition coefficient (Wildman–Crippen LogP) is -2.60. The summed E-state index contributed by atoms with van der Waals surface area (Å²) in [4.78, 5) is 15.7. The molecule has 128 valence electrons. The summed E-state index contributed by atoms with van der Waals surface area (Å²) in [6.07, 6.45) is 0.0310. The summed E-state index contributed by atoms with van der Waals surface area (Å²) in [5, 5.41) is 20.0. The van der Waals surface area contributed by atoms with E-state index >= 15 is 0 Å². The van der Waals surface area contributed by atoms with E-state index in [9.17, 15) is 23.4 Å². The van der Waals surface area contributed by atoms with Gasteiger partial charge in [-0.3, -0.25) is 4.57 Å². The van der Waals surface area contributed by atoms with Gasteiger partial charge >= 0.3 is 5.69 Å². The Morgan fingerprint density at radius 2 is 2.22 bits per heavy atom. The van der Waals surface area contributed by atoms with Crippen molar-refractivity contribution in [1.82, 2.24) is 13.9 Å². The van der Waals surface area contributed by atoms with Crippen LogP contribution in [0.2, 0.25) is 0 Å². The fourth-order valence-corrected chi connectivity index (χ4v) is 4.26. The fraction of sp³-hybridized carbons (Fsp3) is 0.667. The zero-order valence-corrected chi connectivity index (χ0v) is 13.4. The summed E-state index contributed by atoms with van der Waals surface area (Å²) in [6.45, 7) is 0.877. The number of nitrogen functional groups attached to an aromatic ring is 1.